The van der Waals surface area contributed by atoms with Crippen LogP contribution in [0, 0.1) is 5.92 Å². The molecule has 2 N–H and O–H groups in total. The number of fused-ring (bicyclic) bond motifs is 1. The number of rotatable bonds is 3. The van der Waals surface area contributed by atoms with Crippen molar-refractivity contribution in [3.8, 4) is 0 Å². The number of hydrogen-bond donors (Lipinski definition) is 1. The molecule has 2 aliphatic rings. The summed E-state index contributed by atoms with van der Waals surface area (Å²) >= 11 is 0. The van der Waals surface area contributed by atoms with Gasteiger partial charge in [0, 0.05) is 24.8 Å². The van der Waals surface area contributed by atoms with Gasteiger partial charge in [-0.3, -0.25) is 0 Å². The monoisotopic (exact) mass is 230 g/mol. The summed E-state index contributed by atoms with van der Waals surface area (Å²) in [6.07, 6.45) is 6.66. The van der Waals surface area contributed by atoms with Crippen LogP contribution in [0.4, 0.5) is 5.69 Å². The first-order valence-electron chi connectivity index (χ1n) is 6.95. The topological polar surface area (TPSA) is 29.3 Å². The number of para-hydroxylation sites is 1. The Bertz CT molecular complexity index is 384. The summed E-state index contributed by atoms with van der Waals surface area (Å²) in [5.41, 5.74) is 8.99. The van der Waals surface area contributed by atoms with Crippen LogP contribution in [0.1, 0.15) is 31.2 Å². The van der Waals surface area contributed by atoms with Gasteiger partial charge in [0.15, 0.2) is 0 Å². The molecule has 1 fully saturated rings. The number of benzene rings is 1. The highest BCUT2D eigenvalue weighted by Gasteiger charge is 2.32. The quantitative estimate of drug-likeness (QED) is 0.864. The molecule has 0 bridgehead atoms. The standard InChI is InChI=1S/C15H22N2/c16-11-15(13-6-3-7-13)17-10-4-8-12-5-1-2-9-14(12)17/h1-2,5,9,13,15H,3-4,6-8,10-11,16H2. The summed E-state index contributed by atoms with van der Waals surface area (Å²) in [5.74, 6) is 0.839. The highest BCUT2D eigenvalue weighted by Crippen LogP contribution is 2.36. The lowest BCUT2D eigenvalue weighted by Gasteiger charge is -2.44. The molecule has 0 saturated heterocycles. The van der Waals surface area contributed by atoms with Crippen molar-refractivity contribution in [1.82, 2.24) is 0 Å². The maximum absolute atomic E-state index is 6.03. The van der Waals surface area contributed by atoms with Gasteiger partial charge in [0.25, 0.3) is 0 Å². The van der Waals surface area contributed by atoms with Gasteiger partial charge < -0.3 is 10.6 Å². The van der Waals surface area contributed by atoms with Crippen molar-refractivity contribution in [2.75, 3.05) is 18.0 Å². The van der Waals surface area contributed by atoms with Crippen LogP contribution in [0.3, 0.4) is 0 Å². The number of aryl methyl sites for hydroxylation is 1. The maximum atomic E-state index is 6.03. The minimum atomic E-state index is 0.574. The highest BCUT2D eigenvalue weighted by molar-refractivity contribution is 5.56. The van der Waals surface area contributed by atoms with Crippen LogP contribution in [0.25, 0.3) is 0 Å². The Balaban J connectivity index is 1.87. The Labute approximate surface area is 104 Å². The summed E-state index contributed by atoms with van der Waals surface area (Å²) in [6.45, 7) is 1.99. The Hall–Kier alpha value is -1.02. The minimum Gasteiger partial charge on any atom is -0.367 e. The van der Waals surface area contributed by atoms with Gasteiger partial charge in [0.05, 0.1) is 0 Å². The molecule has 2 nitrogen and oxygen atoms in total. The van der Waals surface area contributed by atoms with E-state index in [4.69, 9.17) is 5.73 Å². The van der Waals surface area contributed by atoms with E-state index < -0.39 is 0 Å². The van der Waals surface area contributed by atoms with E-state index in [0.717, 1.165) is 12.5 Å². The van der Waals surface area contributed by atoms with Crippen LogP contribution in [-0.4, -0.2) is 19.1 Å². The minimum absolute atomic E-state index is 0.574. The van der Waals surface area contributed by atoms with Crippen LogP contribution in [0.2, 0.25) is 0 Å². The molecule has 1 aliphatic carbocycles. The summed E-state index contributed by atoms with van der Waals surface area (Å²) < 4.78 is 0. The largest absolute Gasteiger partial charge is 0.367 e. The van der Waals surface area contributed by atoms with Gasteiger partial charge in [-0.1, -0.05) is 24.6 Å². The average Bonchev–Trinajstić information content (AvgIpc) is 2.33. The fraction of sp³-hybridized carbons (Fsp3) is 0.600. The first kappa shape index (κ1) is 11.1. The fourth-order valence-electron chi connectivity index (χ4n) is 3.31. The van der Waals surface area contributed by atoms with Gasteiger partial charge >= 0.3 is 0 Å². The Kier molecular flexibility index (Phi) is 3.06. The molecule has 1 aliphatic heterocycles. The van der Waals surface area contributed by atoms with E-state index in [1.807, 2.05) is 0 Å². The van der Waals surface area contributed by atoms with E-state index in [1.165, 1.54) is 49.9 Å². The lowest BCUT2D eigenvalue weighted by atomic mass is 9.78. The van der Waals surface area contributed by atoms with Crippen molar-refractivity contribution >= 4 is 5.69 Å². The highest BCUT2D eigenvalue weighted by atomic mass is 15.2. The van der Waals surface area contributed by atoms with Gasteiger partial charge in [0.1, 0.15) is 0 Å². The summed E-state index contributed by atoms with van der Waals surface area (Å²) in [4.78, 5) is 2.59. The second kappa shape index (κ2) is 4.69. The van der Waals surface area contributed by atoms with E-state index in [2.05, 4.69) is 29.2 Å². The second-order valence-electron chi connectivity index (χ2n) is 5.42. The van der Waals surface area contributed by atoms with Crippen molar-refractivity contribution in [2.45, 2.75) is 38.1 Å². The molecule has 0 radical (unpaired) electrons. The van der Waals surface area contributed by atoms with Crippen LogP contribution >= 0.6 is 0 Å². The molecule has 1 aromatic rings. The zero-order valence-electron chi connectivity index (χ0n) is 10.4. The van der Waals surface area contributed by atoms with Gasteiger partial charge in [-0.25, -0.2) is 0 Å². The number of nitrogens with zero attached hydrogens (tertiary/aromatic N) is 1. The van der Waals surface area contributed by atoms with Crippen molar-refractivity contribution in [3.63, 3.8) is 0 Å². The van der Waals surface area contributed by atoms with E-state index in [-0.39, 0.29) is 0 Å². The first-order chi connectivity index (χ1) is 8.40. The smallest absolute Gasteiger partial charge is 0.0440 e. The lowest BCUT2D eigenvalue weighted by Crippen LogP contribution is -2.49. The normalized spacial score (nSPS) is 21.8. The average molecular weight is 230 g/mol. The SMILES string of the molecule is NCC(C1CCC1)N1CCCc2ccccc21. The number of hydrogen-bond acceptors (Lipinski definition) is 2. The van der Waals surface area contributed by atoms with Gasteiger partial charge in [-0.15, -0.1) is 0 Å². The summed E-state index contributed by atoms with van der Waals surface area (Å²) in [6, 6.07) is 9.44. The predicted octanol–water partition coefficient (Wildman–Crippen LogP) is 2.57. The second-order valence-corrected chi connectivity index (χ2v) is 5.42. The zero-order valence-corrected chi connectivity index (χ0v) is 10.4. The van der Waals surface area contributed by atoms with Gasteiger partial charge in [-0.2, -0.15) is 0 Å². The molecule has 0 aromatic heterocycles. The number of anilines is 1. The predicted molar refractivity (Wildman–Crippen MR) is 72.3 cm³/mol. The Morgan fingerprint density at radius 1 is 1.24 bits per heavy atom. The molecule has 1 heterocycles. The third kappa shape index (κ3) is 1.95. The molecule has 1 saturated carbocycles. The summed E-state index contributed by atoms with van der Waals surface area (Å²) in [5, 5.41) is 0. The van der Waals surface area contributed by atoms with Crippen LogP contribution in [-0.2, 0) is 6.42 Å². The molecule has 1 atom stereocenters. The van der Waals surface area contributed by atoms with Crippen LogP contribution in [0.15, 0.2) is 24.3 Å². The van der Waals surface area contributed by atoms with E-state index in [1.54, 1.807) is 0 Å². The zero-order chi connectivity index (χ0) is 11.7. The maximum Gasteiger partial charge on any atom is 0.0440 e. The first-order valence-corrected chi connectivity index (χ1v) is 6.95. The third-order valence-corrected chi connectivity index (χ3v) is 4.48. The molecular weight excluding hydrogens is 208 g/mol. The summed E-state index contributed by atoms with van der Waals surface area (Å²) in [7, 11) is 0. The van der Waals surface area contributed by atoms with E-state index in [9.17, 15) is 0 Å². The molecule has 2 heteroatoms. The molecule has 1 aromatic carbocycles. The van der Waals surface area contributed by atoms with Crippen molar-refractivity contribution < 1.29 is 0 Å². The lowest BCUT2D eigenvalue weighted by molar-refractivity contribution is 0.253. The van der Waals surface area contributed by atoms with Crippen molar-refractivity contribution in [2.24, 2.45) is 11.7 Å². The Morgan fingerprint density at radius 2 is 2.06 bits per heavy atom. The van der Waals surface area contributed by atoms with Gasteiger partial charge in [-0.05, 0) is 43.2 Å². The molecular formula is C15H22N2. The van der Waals surface area contributed by atoms with Crippen molar-refractivity contribution in [1.29, 1.82) is 0 Å². The van der Waals surface area contributed by atoms with Crippen molar-refractivity contribution in [3.05, 3.63) is 29.8 Å². The molecule has 3 rings (SSSR count). The number of nitrogens with two attached hydrogens (primary N) is 1. The van der Waals surface area contributed by atoms with E-state index in [0.29, 0.717) is 6.04 Å². The molecule has 92 valence electrons. The van der Waals surface area contributed by atoms with Crippen LogP contribution in [0.5, 0.6) is 0 Å². The fourth-order valence-corrected chi connectivity index (χ4v) is 3.31. The Morgan fingerprint density at radius 3 is 2.76 bits per heavy atom. The molecule has 0 amide bonds. The molecule has 17 heavy (non-hydrogen) atoms. The van der Waals surface area contributed by atoms with Crippen LogP contribution < -0.4 is 10.6 Å². The van der Waals surface area contributed by atoms with Gasteiger partial charge in [0.2, 0.25) is 0 Å². The molecule has 0 spiro atoms. The van der Waals surface area contributed by atoms with E-state index >= 15 is 0 Å². The third-order valence-electron chi connectivity index (χ3n) is 4.48. The molecule has 1 unspecified atom stereocenters.